The summed E-state index contributed by atoms with van der Waals surface area (Å²) in [6.45, 7) is 7.19. The van der Waals surface area contributed by atoms with Crippen LogP contribution in [-0.2, 0) is 11.2 Å². The summed E-state index contributed by atoms with van der Waals surface area (Å²) in [6.07, 6.45) is 0.822. The van der Waals surface area contributed by atoms with E-state index >= 15 is 0 Å². The number of hydrogen-bond donors (Lipinski definition) is 0. The predicted octanol–water partition coefficient (Wildman–Crippen LogP) is 6.64. The minimum atomic E-state index is -0.260. The molecule has 178 valence electrons. The Kier molecular flexibility index (Phi) is 7.66. The normalized spacial score (nSPS) is 15.4. The highest BCUT2D eigenvalue weighted by atomic mass is 35.5. The van der Waals surface area contributed by atoms with E-state index in [1.165, 1.54) is 16.0 Å². The highest BCUT2D eigenvalue weighted by molar-refractivity contribution is 7.10. The van der Waals surface area contributed by atoms with Crippen molar-refractivity contribution < 1.29 is 9.59 Å². The van der Waals surface area contributed by atoms with Crippen LogP contribution in [0.4, 0.5) is 0 Å². The lowest BCUT2D eigenvalue weighted by Gasteiger charge is -2.38. The van der Waals surface area contributed by atoms with Gasteiger partial charge in [0, 0.05) is 23.0 Å². The second-order valence-electron chi connectivity index (χ2n) is 9.15. The van der Waals surface area contributed by atoms with Crippen molar-refractivity contribution in [1.82, 2.24) is 9.80 Å². The third-order valence-corrected chi connectivity index (χ3v) is 7.58. The number of fused-ring (bicyclic) bond motifs is 1. The molecule has 3 aromatic rings. The van der Waals surface area contributed by atoms with Gasteiger partial charge in [0.15, 0.2) is 0 Å². The predicted molar refractivity (Wildman–Crippen MR) is 140 cm³/mol. The smallest absolute Gasteiger partial charge is 0.255 e. The van der Waals surface area contributed by atoms with Gasteiger partial charge in [-0.05, 0) is 60.0 Å². The summed E-state index contributed by atoms with van der Waals surface area (Å²) in [5.74, 6) is -0.133. The van der Waals surface area contributed by atoms with Crippen LogP contribution in [0, 0.1) is 12.8 Å². The highest BCUT2D eigenvalue weighted by Crippen LogP contribution is 2.38. The lowest BCUT2D eigenvalue weighted by atomic mass is 9.92. The number of halogens is 2. The SMILES string of the molecule is Cc1ccc(C2c3ccsc3CCN2C(=O)CN(CC(C)C)C(=O)c2ccc(Cl)cc2Cl)cc1. The van der Waals surface area contributed by atoms with Crippen molar-refractivity contribution in [3.05, 3.63) is 91.1 Å². The van der Waals surface area contributed by atoms with Gasteiger partial charge in [-0.2, -0.15) is 0 Å². The van der Waals surface area contributed by atoms with Crippen molar-refractivity contribution in [2.75, 3.05) is 19.6 Å². The van der Waals surface area contributed by atoms with E-state index in [0.717, 1.165) is 12.0 Å². The molecule has 0 radical (unpaired) electrons. The van der Waals surface area contributed by atoms with Gasteiger partial charge in [-0.25, -0.2) is 0 Å². The van der Waals surface area contributed by atoms with Crippen LogP contribution in [0.2, 0.25) is 10.0 Å². The third-order valence-electron chi connectivity index (χ3n) is 6.04. The summed E-state index contributed by atoms with van der Waals surface area (Å²) < 4.78 is 0. The number of rotatable bonds is 6. The Morgan fingerprint density at radius 2 is 1.85 bits per heavy atom. The number of aryl methyl sites for hydroxylation is 1. The Bertz CT molecular complexity index is 1190. The van der Waals surface area contributed by atoms with Crippen molar-refractivity contribution in [2.24, 2.45) is 5.92 Å². The molecule has 2 heterocycles. The summed E-state index contributed by atoms with van der Waals surface area (Å²) >= 11 is 14.1. The number of benzene rings is 2. The number of hydrogen-bond acceptors (Lipinski definition) is 3. The number of nitrogens with zero attached hydrogens (tertiary/aromatic N) is 2. The molecular formula is C27H28Cl2N2O2S. The Morgan fingerprint density at radius 1 is 1.12 bits per heavy atom. The Hall–Kier alpha value is -2.34. The van der Waals surface area contributed by atoms with Gasteiger partial charge in [0.1, 0.15) is 6.54 Å². The highest BCUT2D eigenvalue weighted by Gasteiger charge is 2.34. The first-order valence-electron chi connectivity index (χ1n) is 11.4. The fourth-order valence-corrected chi connectivity index (χ4v) is 5.83. The first-order valence-corrected chi connectivity index (χ1v) is 13.0. The second kappa shape index (κ2) is 10.5. The largest absolute Gasteiger partial charge is 0.330 e. The molecule has 1 aromatic heterocycles. The van der Waals surface area contributed by atoms with E-state index in [9.17, 15) is 9.59 Å². The molecule has 0 fully saturated rings. The van der Waals surface area contributed by atoms with Gasteiger partial charge in [-0.1, -0.05) is 66.9 Å². The average molecular weight is 516 g/mol. The maximum absolute atomic E-state index is 13.7. The molecule has 2 aromatic carbocycles. The molecule has 0 N–H and O–H groups in total. The summed E-state index contributed by atoms with van der Waals surface area (Å²) in [5.41, 5.74) is 3.79. The zero-order chi connectivity index (χ0) is 24.4. The molecule has 2 amide bonds. The molecule has 4 rings (SSSR count). The molecular weight excluding hydrogens is 487 g/mol. The van der Waals surface area contributed by atoms with Crippen molar-refractivity contribution in [2.45, 2.75) is 33.2 Å². The summed E-state index contributed by atoms with van der Waals surface area (Å²) in [6, 6.07) is 15.1. The molecule has 1 atom stereocenters. The van der Waals surface area contributed by atoms with E-state index < -0.39 is 0 Å². The van der Waals surface area contributed by atoms with Crippen LogP contribution in [0.3, 0.4) is 0 Å². The summed E-state index contributed by atoms with van der Waals surface area (Å²) in [7, 11) is 0. The average Bonchev–Trinajstić information content (AvgIpc) is 3.27. The van der Waals surface area contributed by atoms with Crippen LogP contribution in [0.25, 0.3) is 0 Å². The van der Waals surface area contributed by atoms with Crippen LogP contribution < -0.4 is 0 Å². The Morgan fingerprint density at radius 3 is 2.53 bits per heavy atom. The lowest BCUT2D eigenvalue weighted by molar-refractivity contribution is -0.134. The fourth-order valence-electron chi connectivity index (χ4n) is 4.44. The van der Waals surface area contributed by atoms with Crippen LogP contribution in [0.5, 0.6) is 0 Å². The van der Waals surface area contributed by atoms with Crippen molar-refractivity contribution >= 4 is 46.4 Å². The Labute approximate surface area is 215 Å². The van der Waals surface area contributed by atoms with Gasteiger partial charge < -0.3 is 9.80 Å². The Balaban J connectivity index is 1.63. The van der Waals surface area contributed by atoms with Gasteiger partial charge in [-0.3, -0.25) is 9.59 Å². The van der Waals surface area contributed by atoms with E-state index in [1.54, 1.807) is 34.4 Å². The standard InChI is InChI=1S/C27H28Cl2N2O2S/c1-17(2)15-30(27(33)21-9-8-20(28)14-23(21)29)16-25(32)31-12-10-24-22(11-13-34-24)26(31)19-6-4-18(3)5-7-19/h4-9,11,13-14,17,26H,10,12,15-16H2,1-3H3. The van der Waals surface area contributed by atoms with E-state index in [2.05, 4.69) is 42.6 Å². The van der Waals surface area contributed by atoms with E-state index in [4.69, 9.17) is 23.2 Å². The molecule has 4 nitrogen and oxygen atoms in total. The van der Waals surface area contributed by atoms with E-state index in [-0.39, 0.29) is 35.3 Å². The number of carbonyl (C=O) groups excluding carboxylic acids is 2. The number of amides is 2. The molecule has 34 heavy (non-hydrogen) atoms. The van der Waals surface area contributed by atoms with E-state index in [0.29, 0.717) is 23.7 Å². The molecule has 1 aliphatic rings. The van der Waals surface area contributed by atoms with Gasteiger partial charge >= 0.3 is 0 Å². The molecule has 0 saturated carbocycles. The zero-order valence-electron chi connectivity index (χ0n) is 19.6. The molecule has 0 aliphatic carbocycles. The first kappa shape index (κ1) is 24.8. The quantitative estimate of drug-likeness (QED) is 0.370. The maximum Gasteiger partial charge on any atom is 0.255 e. The fraction of sp³-hybridized carbons (Fsp3) is 0.333. The third kappa shape index (κ3) is 5.32. The molecule has 1 aliphatic heterocycles. The zero-order valence-corrected chi connectivity index (χ0v) is 21.9. The van der Waals surface area contributed by atoms with Crippen molar-refractivity contribution in [1.29, 1.82) is 0 Å². The first-order chi connectivity index (χ1) is 16.2. The monoisotopic (exact) mass is 514 g/mol. The van der Waals surface area contributed by atoms with Gasteiger partial charge in [0.2, 0.25) is 5.91 Å². The molecule has 0 bridgehead atoms. The lowest BCUT2D eigenvalue weighted by Crippen LogP contribution is -2.47. The summed E-state index contributed by atoms with van der Waals surface area (Å²) in [4.78, 5) is 32.0. The molecule has 0 saturated heterocycles. The summed E-state index contributed by atoms with van der Waals surface area (Å²) in [5, 5.41) is 2.85. The van der Waals surface area contributed by atoms with Gasteiger partial charge in [-0.15, -0.1) is 11.3 Å². The minimum Gasteiger partial charge on any atom is -0.330 e. The maximum atomic E-state index is 13.7. The topological polar surface area (TPSA) is 40.6 Å². The van der Waals surface area contributed by atoms with E-state index in [1.807, 2.05) is 18.7 Å². The molecule has 7 heteroatoms. The van der Waals surface area contributed by atoms with Crippen LogP contribution >= 0.6 is 34.5 Å². The van der Waals surface area contributed by atoms with Crippen LogP contribution in [0.15, 0.2) is 53.9 Å². The number of carbonyl (C=O) groups is 2. The van der Waals surface area contributed by atoms with Crippen molar-refractivity contribution in [3.63, 3.8) is 0 Å². The number of thiophene rings is 1. The van der Waals surface area contributed by atoms with Crippen LogP contribution in [-0.4, -0.2) is 41.2 Å². The van der Waals surface area contributed by atoms with Crippen LogP contribution in [0.1, 0.15) is 51.8 Å². The van der Waals surface area contributed by atoms with Crippen molar-refractivity contribution in [3.8, 4) is 0 Å². The molecule has 1 unspecified atom stereocenters. The van der Waals surface area contributed by atoms with Gasteiger partial charge in [0.05, 0.1) is 16.6 Å². The van der Waals surface area contributed by atoms with Gasteiger partial charge in [0.25, 0.3) is 5.91 Å². The minimum absolute atomic E-state index is 0.00218. The second-order valence-corrected chi connectivity index (χ2v) is 11.0. The molecule has 0 spiro atoms.